The lowest BCUT2D eigenvalue weighted by Gasteiger charge is -2.34. The quantitative estimate of drug-likeness (QED) is 0.780. The highest BCUT2D eigenvalue weighted by Crippen LogP contribution is 2.33. The van der Waals surface area contributed by atoms with Crippen LogP contribution >= 0.6 is 0 Å². The zero-order valence-corrected chi connectivity index (χ0v) is 15.1. The number of H-pyrrole nitrogens is 1. The molecule has 1 N–H and O–H groups in total. The summed E-state index contributed by atoms with van der Waals surface area (Å²) in [6.07, 6.45) is 4.87. The Morgan fingerprint density at radius 2 is 2.19 bits per heavy atom. The van der Waals surface area contributed by atoms with Crippen molar-refractivity contribution >= 4 is 17.0 Å². The number of fused-ring (bicyclic) bond motifs is 1. The molecule has 7 heteroatoms. The lowest BCUT2D eigenvalue weighted by atomic mass is 9.96. The van der Waals surface area contributed by atoms with E-state index in [9.17, 15) is 4.79 Å². The van der Waals surface area contributed by atoms with Gasteiger partial charge in [-0.05, 0) is 31.5 Å². The lowest BCUT2D eigenvalue weighted by molar-refractivity contribution is 0.0817. The molecule has 0 saturated carbocycles. The van der Waals surface area contributed by atoms with Crippen LogP contribution < -0.4 is 0 Å². The Morgan fingerprint density at radius 1 is 1.35 bits per heavy atom. The Kier molecular flexibility index (Phi) is 4.46. The van der Waals surface area contributed by atoms with Crippen LogP contribution in [0.3, 0.4) is 0 Å². The minimum Gasteiger partial charge on any atom is -0.439 e. The first kappa shape index (κ1) is 16.8. The number of nitrogens with zero attached hydrogens (tertiary/aromatic N) is 4. The maximum Gasteiger partial charge on any atom is 0.256 e. The van der Waals surface area contributed by atoms with Crippen LogP contribution in [-0.4, -0.2) is 51.5 Å². The van der Waals surface area contributed by atoms with E-state index in [1.165, 1.54) is 0 Å². The summed E-state index contributed by atoms with van der Waals surface area (Å²) >= 11 is 0. The number of amides is 1. The van der Waals surface area contributed by atoms with Gasteiger partial charge in [-0.25, -0.2) is 4.98 Å². The molecule has 2 aromatic heterocycles. The third-order valence-electron chi connectivity index (χ3n) is 4.93. The molecular weight excluding hydrogens is 330 g/mol. The number of oxazole rings is 1. The van der Waals surface area contributed by atoms with E-state index < -0.39 is 0 Å². The molecule has 0 aliphatic carbocycles. The van der Waals surface area contributed by atoms with E-state index in [-0.39, 0.29) is 11.9 Å². The van der Waals surface area contributed by atoms with Gasteiger partial charge in [-0.15, -0.1) is 0 Å². The third-order valence-corrected chi connectivity index (χ3v) is 4.93. The van der Waals surface area contributed by atoms with E-state index in [4.69, 9.17) is 4.42 Å². The van der Waals surface area contributed by atoms with Gasteiger partial charge in [-0.2, -0.15) is 5.10 Å². The van der Waals surface area contributed by atoms with E-state index in [2.05, 4.69) is 20.1 Å². The van der Waals surface area contributed by atoms with Crippen LogP contribution in [-0.2, 0) is 6.54 Å². The van der Waals surface area contributed by atoms with E-state index in [0.29, 0.717) is 18.0 Å². The van der Waals surface area contributed by atoms with Crippen molar-refractivity contribution < 1.29 is 9.21 Å². The molecule has 0 bridgehead atoms. The highest BCUT2D eigenvalue weighted by Gasteiger charge is 2.30. The number of rotatable bonds is 4. The average molecular weight is 353 g/mol. The molecule has 1 aliphatic rings. The first-order valence-corrected chi connectivity index (χ1v) is 8.97. The van der Waals surface area contributed by atoms with Crippen LogP contribution in [0.15, 0.2) is 34.9 Å². The summed E-state index contributed by atoms with van der Waals surface area (Å²) in [6.45, 7) is 1.56. The third kappa shape index (κ3) is 3.10. The van der Waals surface area contributed by atoms with Gasteiger partial charge in [0.25, 0.3) is 5.91 Å². The van der Waals surface area contributed by atoms with E-state index >= 15 is 0 Å². The van der Waals surface area contributed by atoms with Crippen LogP contribution in [0.1, 0.15) is 47.2 Å². The SMILES string of the molecule is CN(C)C(=O)c1cn[nH]c1C1CCCCN1Cc1nc2ccccc2o1. The van der Waals surface area contributed by atoms with E-state index in [1.807, 2.05) is 24.3 Å². The zero-order chi connectivity index (χ0) is 18.1. The monoisotopic (exact) mass is 353 g/mol. The van der Waals surface area contributed by atoms with Gasteiger partial charge < -0.3 is 9.32 Å². The second kappa shape index (κ2) is 6.92. The van der Waals surface area contributed by atoms with Crippen molar-refractivity contribution in [2.45, 2.75) is 31.8 Å². The molecule has 3 heterocycles. The van der Waals surface area contributed by atoms with Crippen molar-refractivity contribution in [2.75, 3.05) is 20.6 Å². The number of hydrogen-bond donors (Lipinski definition) is 1. The first-order chi connectivity index (χ1) is 12.6. The Bertz CT molecular complexity index is 880. The lowest BCUT2D eigenvalue weighted by Crippen LogP contribution is -2.34. The van der Waals surface area contributed by atoms with E-state index in [1.54, 1.807) is 25.2 Å². The molecule has 1 aromatic carbocycles. The predicted molar refractivity (Wildman–Crippen MR) is 97.6 cm³/mol. The topological polar surface area (TPSA) is 78.3 Å². The number of carbonyl (C=O) groups is 1. The van der Waals surface area contributed by atoms with Gasteiger partial charge in [0, 0.05) is 14.1 Å². The highest BCUT2D eigenvalue weighted by atomic mass is 16.3. The van der Waals surface area contributed by atoms with Crippen LogP contribution in [0.2, 0.25) is 0 Å². The maximum atomic E-state index is 12.5. The summed E-state index contributed by atoms with van der Waals surface area (Å²) in [4.78, 5) is 21.0. The Balaban J connectivity index is 1.61. The molecule has 136 valence electrons. The second-order valence-electron chi connectivity index (χ2n) is 6.95. The minimum absolute atomic E-state index is 0.0267. The van der Waals surface area contributed by atoms with Crippen molar-refractivity contribution in [3.8, 4) is 0 Å². The molecule has 1 aliphatic heterocycles. The molecular formula is C19H23N5O2. The Labute approximate surface area is 152 Å². The number of piperidine rings is 1. The van der Waals surface area contributed by atoms with Crippen LogP contribution in [0.25, 0.3) is 11.1 Å². The molecule has 26 heavy (non-hydrogen) atoms. The van der Waals surface area contributed by atoms with Gasteiger partial charge in [0.05, 0.1) is 30.0 Å². The summed E-state index contributed by atoms with van der Waals surface area (Å²) in [5.41, 5.74) is 3.21. The summed E-state index contributed by atoms with van der Waals surface area (Å²) in [5, 5.41) is 7.20. The summed E-state index contributed by atoms with van der Waals surface area (Å²) < 4.78 is 5.90. The van der Waals surface area contributed by atoms with Crippen molar-refractivity contribution in [1.29, 1.82) is 0 Å². The Hall–Kier alpha value is -2.67. The molecule has 1 saturated heterocycles. The molecule has 0 spiro atoms. The van der Waals surface area contributed by atoms with Gasteiger partial charge in [0.1, 0.15) is 5.52 Å². The largest absolute Gasteiger partial charge is 0.439 e. The number of carbonyl (C=O) groups excluding carboxylic acids is 1. The molecule has 1 atom stereocenters. The van der Waals surface area contributed by atoms with E-state index in [0.717, 1.165) is 42.6 Å². The van der Waals surface area contributed by atoms with Gasteiger partial charge in [-0.1, -0.05) is 18.6 Å². The minimum atomic E-state index is -0.0267. The van der Waals surface area contributed by atoms with Gasteiger partial charge in [0.15, 0.2) is 5.58 Å². The smallest absolute Gasteiger partial charge is 0.256 e. The number of aromatic nitrogens is 3. The molecule has 4 rings (SSSR count). The summed E-state index contributed by atoms with van der Waals surface area (Å²) in [6, 6.07) is 7.91. The van der Waals surface area contributed by atoms with Crippen molar-refractivity contribution in [2.24, 2.45) is 0 Å². The predicted octanol–water partition coefficient (Wildman–Crippen LogP) is 2.98. The highest BCUT2D eigenvalue weighted by molar-refractivity contribution is 5.94. The van der Waals surface area contributed by atoms with Crippen LogP contribution in [0.5, 0.6) is 0 Å². The standard InChI is InChI=1S/C19H23N5O2/c1-23(2)19(25)13-11-20-22-18(13)15-8-5-6-10-24(15)12-17-21-14-7-3-4-9-16(14)26-17/h3-4,7,9,11,15H,5-6,8,10,12H2,1-2H3,(H,20,22). The Morgan fingerprint density at radius 3 is 3.00 bits per heavy atom. The number of hydrogen-bond acceptors (Lipinski definition) is 5. The fourth-order valence-electron chi connectivity index (χ4n) is 3.63. The molecule has 1 unspecified atom stereocenters. The first-order valence-electron chi connectivity index (χ1n) is 8.97. The molecule has 1 amide bonds. The number of likely N-dealkylation sites (tertiary alicyclic amines) is 1. The normalized spacial score (nSPS) is 18.3. The van der Waals surface area contributed by atoms with Crippen LogP contribution in [0, 0.1) is 0 Å². The average Bonchev–Trinajstić information content (AvgIpc) is 3.27. The molecule has 1 fully saturated rings. The fraction of sp³-hybridized carbons (Fsp3) is 0.421. The molecule has 0 radical (unpaired) electrons. The van der Waals surface area contributed by atoms with Crippen molar-refractivity contribution in [3.63, 3.8) is 0 Å². The zero-order valence-electron chi connectivity index (χ0n) is 15.1. The summed E-state index contributed by atoms with van der Waals surface area (Å²) in [7, 11) is 3.52. The van der Waals surface area contributed by atoms with Gasteiger partial charge in [-0.3, -0.25) is 14.8 Å². The van der Waals surface area contributed by atoms with Gasteiger partial charge in [0.2, 0.25) is 5.89 Å². The second-order valence-corrected chi connectivity index (χ2v) is 6.95. The van der Waals surface area contributed by atoms with Crippen molar-refractivity contribution in [3.05, 3.63) is 47.6 Å². The maximum absolute atomic E-state index is 12.5. The fourth-order valence-corrected chi connectivity index (χ4v) is 3.63. The number of nitrogens with one attached hydrogen (secondary N) is 1. The van der Waals surface area contributed by atoms with Crippen molar-refractivity contribution in [1.82, 2.24) is 25.0 Å². The molecule has 7 nitrogen and oxygen atoms in total. The number of para-hydroxylation sites is 2. The number of benzene rings is 1. The summed E-state index contributed by atoms with van der Waals surface area (Å²) in [5.74, 6) is 0.680. The number of aromatic amines is 1. The molecule has 3 aromatic rings. The van der Waals surface area contributed by atoms with Crippen LogP contribution in [0.4, 0.5) is 0 Å². The van der Waals surface area contributed by atoms with Gasteiger partial charge >= 0.3 is 0 Å².